The zero-order chi connectivity index (χ0) is 14.1. The van der Waals surface area contributed by atoms with E-state index < -0.39 is 0 Å². The van der Waals surface area contributed by atoms with Crippen LogP contribution in [0.15, 0.2) is 29.2 Å². The largest absolute Gasteiger partial charge is 0.316 e. The predicted octanol–water partition coefficient (Wildman–Crippen LogP) is 3.34. The smallest absolute Gasteiger partial charge is 0.0108 e. The highest BCUT2D eigenvalue weighted by atomic mass is 32.2. The third kappa shape index (κ3) is 3.30. The maximum Gasteiger partial charge on any atom is 0.0108 e. The number of nitrogens with one attached hydrogen (secondary N) is 1. The Morgan fingerprint density at radius 1 is 1.14 bits per heavy atom. The molecular weight excluding hydrogens is 276 g/mol. The summed E-state index contributed by atoms with van der Waals surface area (Å²) in [4.78, 5) is 4.35. The number of rotatable bonds is 5. The molecule has 2 nitrogen and oxygen atoms in total. The van der Waals surface area contributed by atoms with Gasteiger partial charge in [-0.15, -0.1) is 11.8 Å². The molecule has 1 aliphatic carbocycles. The summed E-state index contributed by atoms with van der Waals surface area (Å²) in [5, 5.41) is 3.58. The van der Waals surface area contributed by atoms with E-state index in [1.807, 2.05) is 0 Å². The van der Waals surface area contributed by atoms with Crippen LogP contribution in [0.4, 0.5) is 0 Å². The van der Waals surface area contributed by atoms with Crippen molar-refractivity contribution < 1.29 is 0 Å². The Morgan fingerprint density at radius 2 is 2.05 bits per heavy atom. The van der Waals surface area contributed by atoms with Crippen molar-refractivity contribution in [2.45, 2.75) is 42.5 Å². The molecule has 0 radical (unpaired) electrons. The topological polar surface area (TPSA) is 15.3 Å². The maximum absolute atomic E-state index is 3.58. The normalized spacial score (nSPS) is 28.8. The van der Waals surface area contributed by atoms with E-state index in [4.69, 9.17) is 0 Å². The second-order valence-electron chi connectivity index (χ2n) is 6.94. The molecular formula is C18H26N2S. The summed E-state index contributed by atoms with van der Waals surface area (Å²) in [6.07, 6.45) is 5.65. The van der Waals surface area contributed by atoms with Crippen LogP contribution < -0.4 is 5.32 Å². The van der Waals surface area contributed by atoms with Crippen LogP contribution in [0, 0.1) is 5.92 Å². The molecule has 2 fully saturated rings. The highest BCUT2D eigenvalue weighted by Crippen LogP contribution is 2.41. The van der Waals surface area contributed by atoms with Crippen molar-refractivity contribution in [1.82, 2.24) is 10.2 Å². The number of thioether (sulfide) groups is 1. The van der Waals surface area contributed by atoms with Crippen LogP contribution in [-0.2, 0) is 0 Å². The Kier molecular flexibility index (Phi) is 4.24. The molecule has 2 aliphatic heterocycles. The Labute approximate surface area is 132 Å². The van der Waals surface area contributed by atoms with Gasteiger partial charge in [0.1, 0.15) is 0 Å². The van der Waals surface area contributed by atoms with Gasteiger partial charge in [-0.2, -0.15) is 0 Å². The van der Waals surface area contributed by atoms with Crippen molar-refractivity contribution in [2.24, 2.45) is 5.92 Å². The van der Waals surface area contributed by atoms with Crippen molar-refractivity contribution in [3.05, 3.63) is 29.8 Å². The molecule has 1 saturated heterocycles. The van der Waals surface area contributed by atoms with Gasteiger partial charge in [0.15, 0.2) is 0 Å². The van der Waals surface area contributed by atoms with Crippen LogP contribution in [0.1, 0.15) is 37.2 Å². The Balaban J connectivity index is 1.41. The molecule has 2 heterocycles. The van der Waals surface area contributed by atoms with Gasteiger partial charge in [0.05, 0.1) is 0 Å². The van der Waals surface area contributed by atoms with E-state index in [0.29, 0.717) is 0 Å². The minimum Gasteiger partial charge on any atom is -0.316 e. The lowest BCUT2D eigenvalue weighted by Crippen LogP contribution is -2.40. The lowest BCUT2D eigenvalue weighted by molar-refractivity contribution is 0.193. The van der Waals surface area contributed by atoms with Crippen molar-refractivity contribution >= 4 is 11.8 Å². The molecule has 3 heteroatoms. The quantitative estimate of drug-likeness (QED) is 0.898. The van der Waals surface area contributed by atoms with Gasteiger partial charge in [-0.1, -0.05) is 18.2 Å². The molecule has 0 spiro atoms. The van der Waals surface area contributed by atoms with Crippen LogP contribution >= 0.6 is 11.8 Å². The standard InChI is InChI=1S/C18H26N2S/c1-2-6-18-17(5-1)15(13-21-18)12-20(16-7-8-16)11-14-4-3-9-19-10-14/h1-2,5-6,14-16,19H,3-4,7-13H2. The van der Waals surface area contributed by atoms with Gasteiger partial charge in [-0.25, -0.2) is 0 Å². The molecule has 0 bridgehead atoms. The van der Waals surface area contributed by atoms with E-state index in [1.54, 1.807) is 5.56 Å². The molecule has 1 N–H and O–H groups in total. The molecule has 2 unspecified atom stereocenters. The third-order valence-corrected chi connectivity index (χ3v) is 6.46. The zero-order valence-corrected chi connectivity index (χ0v) is 13.6. The molecule has 0 amide bonds. The highest BCUT2D eigenvalue weighted by Gasteiger charge is 2.34. The number of nitrogens with zero attached hydrogens (tertiary/aromatic N) is 1. The van der Waals surface area contributed by atoms with Crippen molar-refractivity contribution in [3.63, 3.8) is 0 Å². The third-order valence-electron chi connectivity index (χ3n) is 5.21. The fourth-order valence-electron chi connectivity index (χ4n) is 3.89. The second kappa shape index (κ2) is 6.31. The first-order chi connectivity index (χ1) is 10.4. The van der Waals surface area contributed by atoms with Gasteiger partial charge in [0.25, 0.3) is 0 Å². The summed E-state index contributed by atoms with van der Waals surface area (Å²) in [5.74, 6) is 2.91. The Morgan fingerprint density at radius 3 is 2.86 bits per heavy atom. The predicted molar refractivity (Wildman–Crippen MR) is 90.1 cm³/mol. The molecule has 21 heavy (non-hydrogen) atoms. The van der Waals surface area contributed by atoms with E-state index in [0.717, 1.165) is 17.9 Å². The van der Waals surface area contributed by atoms with E-state index in [-0.39, 0.29) is 0 Å². The van der Waals surface area contributed by atoms with Crippen LogP contribution in [0.5, 0.6) is 0 Å². The minimum absolute atomic E-state index is 0.753. The van der Waals surface area contributed by atoms with Gasteiger partial charge >= 0.3 is 0 Å². The van der Waals surface area contributed by atoms with E-state index in [2.05, 4.69) is 46.2 Å². The summed E-state index contributed by atoms with van der Waals surface area (Å²) in [6.45, 7) is 5.07. The van der Waals surface area contributed by atoms with Crippen LogP contribution in [0.3, 0.4) is 0 Å². The SMILES string of the molecule is c1ccc2c(c1)SCC2CN(CC1CCCNC1)C1CC1. The summed E-state index contributed by atoms with van der Waals surface area (Å²) in [5.41, 5.74) is 1.61. The second-order valence-corrected chi connectivity index (χ2v) is 8.01. The lowest BCUT2D eigenvalue weighted by atomic mass is 9.97. The molecule has 3 aliphatic rings. The van der Waals surface area contributed by atoms with E-state index >= 15 is 0 Å². The van der Waals surface area contributed by atoms with Gasteiger partial charge < -0.3 is 5.32 Å². The lowest BCUT2D eigenvalue weighted by Gasteiger charge is -2.32. The van der Waals surface area contributed by atoms with Crippen molar-refractivity contribution in [1.29, 1.82) is 0 Å². The average molecular weight is 302 g/mol. The van der Waals surface area contributed by atoms with Crippen LogP contribution in [0.2, 0.25) is 0 Å². The van der Waals surface area contributed by atoms with Gasteiger partial charge in [-0.3, -0.25) is 4.90 Å². The average Bonchev–Trinajstić information content (AvgIpc) is 3.30. The van der Waals surface area contributed by atoms with Crippen molar-refractivity contribution in [2.75, 3.05) is 31.9 Å². The Bertz CT molecular complexity index is 480. The van der Waals surface area contributed by atoms with Gasteiger partial charge in [0, 0.05) is 35.7 Å². The van der Waals surface area contributed by atoms with Gasteiger partial charge in [0.2, 0.25) is 0 Å². The molecule has 4 rings (SSSR count). The maximum atomic E-state index is 3.58. The van der Waals surface area contributed by atoms with Gasteiger partial charge in [-0.05, 0) is 56.3 Å². The highest BCUT2D eigenvalue weighted by molar-refractivity contribution is 7.99. The zero-order valence-electron chi connectivity index (χ0n) is 12.8. The van der Waals surface area contributed by atoms with E-state index in [9.17, 15) is 0 Å². The number of hydrogen-bond acceptors (Lipinski definition) is 3. The summed E-state index contributed by atoms with van der Waals surface area (Å²) >= 11 is 2.06. The molecule has 114 valence electrons. The van der Waals surface area contributed by atoms with Crippen molar-refractivity contribution in [3.8, 4) is 0 Å². The monoisotopic (exact) mass is 302 g/mol. The molecule has 1 aromatic carbocycles. The number of hydrogen-bond donors (Lipinski definition) is 1. The first kappa shape index (κ1) is 14.1. The summed E-state index contributed by atoms with van der Waals surface area (Å²) in [6, 6.07) is 9.94. The number of benzene rings is 1. The number of fused-ring (bicyclic) bond motifs is 1. The first-order valence-electron chi connectivity index (χ1n) is 8.56. The molecule has 1 aromatic rings. The minimum atomic E-state index is 0.753. The van der Waals surface area contributed by atoms with E-state index in [1.165, 1.54) is 62.5 Å². The fraction of sp³-hybridized carbons (Fsp3) is 0.667. The molecule has 1 saturated carbocycles. The molecule has 2 atom stereocenters. The van der Waals surface area contributed by atoms with Crippen LogP contribution in [-0.4, -0.2) is 42.9 Å². The molecule has 0 aromatic heterocycles. The summed E-state index contributed by atoms with van der Waals surface area (Å²) in [7, 11) is 0. The Hall–Kier alpha value is -0.510. The number of piperidine rings is 1. The van der Waals surface area contributed by atoms with Crippen LogP contribution in [0.25, 0.3) is 0 Å². The summed E-state index contributed by atoms with van der Waals surface area (Å²) < 4.78 is 0. The fourth-order valence-corrected chi connectivity index (χ4v) is 5.13. The first-order valence-corrected chi connectivity index (χ1v) is 9.55.